The van der Waals surface area contributed by atoms with Crippen molar-refractivity contribution in [3.8, 4) is 0 Å². The smallest absolute Gasteiger partial charge is 0.0633 e. The molecule has 258 valence electrons. The molecule has 0 aliphatic carbocycles. The number of piperazine rings is 1. The zero-order valence-corrected chi connectivity index (χ0v) is 28.3. The fourth-order valence-corrected chi connectivity index (χ4v) is 5.87. The lowest BCUT2D eigenvalue weighted by atomic mass is 9.91. The molecule has 0 amide bonds. The summed E-state index contributed by atoms with van der Waals surface area (Å²) in [7, 11) is 12.5. The minimum absolute atomic E-state index is 0. The molecule has 2 heterocycles. The Bertz CT molecular complexity index is 1140. The zero-order valence-electron chi connectivity index (χ0n) is 28.3. The van der Waals surface area contributed by atoms with Crippen molar-refractivity contribution < 1.29 is 4.74 Å². The van der Waals surface area contributed by atoms with E-state index in [-0.39, 0.29) is 22.3 Å². The van der Waals surface area contributed by atoms with Gasteiger partial charge in [0, 0.05) is 64.7 Å². The molecule has 45 heavy (non-hydrogen) atoms. The van der Waals surface area contributed by atoms with Crippen molar-refractivity contribution in [1.29, 1.82) is 0 Å². The Morgan fingerprint density at radius 3 is 1.96 bits per heavy atom. The van der Waals surface area contributed by atoms with Crippen molar-refractivity contribution in [1.82, 2.24) is 20.0 Å². The predicted octanol–water partition coefficient (Wildman–Crippen LogP) is 7.80. The molecule has 6 nitrogen and oxygen atoms in total. The van der Waals surface area contributed by atoms with E-state index in [0.29, 0.717) is 17.9 Å². The number of hydrogen-bond acceptors (Lipinski definition) is 6. The summed E-state index contributed by atoms with van der Waals surface area (Å²) in [5.74, 6) is 1.16. The summed E-state index contributed by atoms with van der Waals surface area (Å²) in [6.07, 6.45) is 3.56. The van der Waals surface area contributed by atoms with E-state index >= 15 is 0 Å². The van der Waals surface area contributed by atoms with E-state index in [1.54, 1.807) is 7.11 Å². The highest BCUT2D eigenvalue weighted by Gasteiger charge is 2.22. The maximum absolute atomic E-state index is 5.31. The Hall–Kier alpha value is -2.22. The number of anilines is 1. The Morgan fingerprint density at radius 1 is 0.844 bits per heavy atom. The third-order valence-corrected chi connectivity index (χ3v) is 8.26. The molecule has 2 aromatic rings. The first-order chi connectivity index (χ1) is 20.0. The van der Waals surface area contributed by atoms with Gasteiger partial charge in [-0.25, -0.2) is 0 Å². The van der Waals surface area contributed by atoms with Gasteiger partial charge in [-0.15, -0.1) is 0 Å². The van der Waals surface area contributed by atoms with Crippen molar-refractivity contribution in [3.63, 3.8) is 0 Å². The van der Waals surface area contributed by atoms with Gasteiger partial charge in [0.05, 0.1) is 6.61 Å². The first-order valence-corrected chi connectivity index (χ1v) is 15.9. The quantitative estimate of drug-likeness (QED) is 0.290. The largest absolute Gasteiger partial charge is 0.383 e. The fourth-order valence-electron chi connectivity index (χ4n) is 5.87. The summed E-state index contributed by atoms with van der Waals surface area (Å²) in [6, 6.07) is 14.4. The molecule has 1 atom stereocenters. The molecule has 1 unspecified atom stereocenters. The molecular formula is C39H71N5O. The number of methoxy groups -OCH3 is 1. The van der Waals surface area contributed by atoms with Gasteiger partial charge in [-0.2, -0.15) is 0 Å². The van der Waals surface area contributed by atoms with Crippen LogP contribution >= 0.6 is 0 Å². The van der Waals surface area contributed by atoms with E-state index < -0.39 is 0 Å². The zero-order chi connectivity index (χ0) is 30.8. The minimum atomic E-state index is 0. The molecule has 0 bridgehead atoms. The third-order valence-electron chi connectivity index (χ3n) is 8.26. The summed E-state index contributed by atoms with van der Waals surface area (Å²) in [5.41, 5.74) is 10.1. The summed E-state index contributed by atoms with van der Waals surface area (Å²) in [6.45, 7) is 17.1. The Balaban J connectivity index is 0.000000810. The van der Waals surface area contributed by atoms with Crippen LogP contribution in [-0.2, 0) is 17.8 Å². The molecule has 4 rings (SSSR count). The monoisotopic (exact) mass is 626 g/mol. The van der Waals surface area contributed by atoms with Crippen molar-refractivity contribution in [2.75, 3.05) is 86.6 Å². The molecule has 0 aromatic heterocycles. The molecule has 1 fully saturated rings. The fraction of sp³-hybridized carbons (Fsp3) is 0.641. The molecule has 0 saturated carbocycles. The number of hydrogen-bond donors (Lipinski definition) is 1. The van der Waals surface area contributed by atoms with Crippen molar-refractivity contribution >= 4 is 11.3 Å². The van der Waals surface area contributed by atoms with E-state index in [1.807, 2.05) is 0 Å². The van der Waals surface area contributed by atoms with Crippen LogP contribution in [0.25, 0.3) is 5.57 Å². The van der Waals surface area contributed by atoms with E-state index in [0.717, 1.165) is 52.3 Å². The summed E-state index contributed by atoms with van der Waals surface area (Å²) in [4.78, 5) is 9.39. The maximum atomic E-state index is 5.31. The van der Waals surface area contributed by atoms with E-state index in [9.17, 15) is 0 Å². The van der Waals surface area contributed by atoms with Crippen LogP contribution in [0.4, 0.5) is 5.69 Å². The van der Waals surface area contributed by atoms with E-state index in [2.05, 4.69) is 130 Å². The molecule has 1 saturated heterocycles. The highest BCUT2D eigenvalue weighted by atomic mass is 16.5. The van der Waals surface area contributed by atoms with Crippen LogP contribution in [0.2, 0.25) is 0 Å². The van der Waals surface area contributed by atoms with Gasteiger partial charge >= 0.3 is 0 Å². The van der Waals surface area contributed by atoms with Gasteiger partial charge in [-0.1, -0.05) is 86.4 Å². The van der Waals surface area contributed by atoms with Crippen LogP contribution in [-0.4, -0.2) is 102 Å². The van der Waals surface area contributed by atoms with Gasteiger partial charge in [0.1, 0.15) is 0 Å². The van der Waals surface area contributed by atoms with Crippen molar-refractivity contribution in [3.05, 3.63) is 70.3 Å². The van der Waals surface area contributed by atoms with Gasteiger partial charge in [0.2, 0.25) is 0 Å². The molecule has 1 N–H and O–H groups in total. The van der Waals surface area contributed by atoms with Crippen molar-refractivity contribution in [2.45, 2.75) is 87.4 Å². The SMILES string of the molecule is C.C.C.CC(C)c1ccc(C2=CCN(C)CC2)c(CN(C)C)c1.COCC1CN(c2ccc(C(C)C)cc2CN(C)C)CCN1. The topological polar surface area (TPSA) is 34.2 Å². The molecule has 0 spiro atoms. The second-order valence-electron chi connectivity index (χ2n) is 13.4. The second kappa shape index (κ2) is 20.8. The standard InChI is InChI=1S/C18H31N3O.C18H28N2.3CH4/c1-14(2)15-6-7-18(16(10-15)11-20(3)4)21-9-8-19-17(12-21)13-22-5;1-14(2)16-6-7-18(17(12-16)13-19(3)4)15-8-10-20(5)11-9-15;;;/h6-7,10,14,17,19H,8-9,11-13H2,1-5H3;6-8,12,14H,9-11,13H2,1-5H3;3*1H4. The first-order valence-electron chi connectivity index (χ1n) is 15.9. The van der Waals surface area contributed by atoms with Gasteiger partial charge in [0.25, 0.3) is 0 Å². The number of likely N-dealkylation sites (N-methyl/N-ethyl adjacent to an activating group) is 1. The van der Waals surface area contributed by atoms with Crippen LogP contribution in [0.1, 0.15) is 96.0 Å². The average molecular weight is 626 g/mol. The lowest BCUT2D eigenvalue weighted by molar-refractivity contribution is 0.163. The number of nitrogens with zero attached hydrogens (tertiary/aromatic N) is 4. The summed E-state index contributed by atoms with van der Waals surface area (Å²) in [5, 5.41) is 3.53. The number of ether oxygens (including phenoxy) is 1. The second-order valence-corrected chi connectivity index (χ2v) is 13.4. The highest BCUT2D eigenvalue weighted by molar-refractivity contribution is 5.69. The van der Waals surface area contributed by atoms with Crippen LogP contribution in [0.15, 0.2) is 42.5 Å². The van der Waals surface area contributed by atoms with Crippen molar-refractivity contribution in [2.24, 2.45) is 0 Å². The van der Waals surface area contributed by atoms with Gasteiger partial charge in [-0.05, 0) is 93.0 Å². The lowest BCUT2D eigenvalue weighted by Crippen LogP contribution is -2.52. The van der Waals surface area contributed by atoms with Gasteiger partial charge in [-0.3, -0.25) is 0 Å². The third kappa shape index (κ3) is 13.2. The number of nitrogens with one attached hydrogen (secondary N) is 1. The predicted molar refractivity (Wildman–Crippen MR) is 202 cm³/mol. The minimum Gasteiger partial charge on any atom is -0.383 e. The average Bonchev–Trinajstić information content (AvgIpc) is 2.93. The normalized spacial score (nSPS) is 16.9. The van der Waals surface area contributed by atoms with Gasteiger partial charge in [0.15, 0.2) is 0 Å². The number of benzene rings is 2. The summed E-state index contributed by atoms with van der Waals surface area (Å²) >= 11 is 0. The number of rotatable bonds is 10. The van der Waals surface area contributed by atoms with E-state index in [1.165, 1.54) is 45.6 Å². The first kappa shape index (κ1) is 42.8. The molecule has 2 aromatic carbocycles. The van der Waals surface area contributed by atoms with Crippen LogP contribution in [0.3, 0.4) is 0 Å². The Morgan fingerprint density at radius 2 is 1.42 bits per heavy atom. The van der Waals surface area contributed by atoms with Crippen LogP contribution in [0.5, 0.6) is 0 Å². The van der Waals surface area contributed by atoms with E-state index in [4.69, 9.17) is 4.74 Å². The molecule has 2 aliphatic heterocycles. The van der Waals surface area contributed by atoms with Gasteiger partial charge < -0.3 is 29.7 Å². The highest BCUT2D eigenvalue weighted by Crippen LogP contribution is 2.29. The molecular weight excluding hydrogens is 554 g/mol. The Kier molecular flexibility index (Phi) is 19.8. The Labute approximate surface area is 279 Å². The maximum Gasteiger partial charge on any atom is 0.0633 e. The summed E-state index contributed by atoms with van der Waals surface area (Å²) < 4.78 is 5.31. The molecule has 2 aliphatic rings. The molecule has 6 heteroatoms. The lowest BCUT2D eigenvalue weighted by Gasteiger charge is -2.36. The molecule has 0 radical (unpaired) electrons. The van der Waals surface area contributed by atoms with Crippen LogP contribution < -0.4 is 10.2 Å². The van der Waals surface area contributed by atoms with Crippen LogP contribution in [0, 0.1) is 0 Å².